The average molecular weight is 491 g/mol. The van der Waals surface area contributed by atoms with E-state index in [-0.39, 0.29) is 11.5 Å². The van der Waals surface area contributed by atoms with Crippen LogP contribution in [0.4, 0.5) is 0 Å². The molecular formula is C20H13Br2NO4. The number of ketones is 1. The lowest BCUT2D eigenvalue weighted by Gasteiger charge is -1.99. The van der Waals surface area contributed by atoms with Gasteiger partial charge < -0.3 is 9.52 Å². The molecule has 1 N–H and O–H groups in total. The molecule has 7 heteroatoms. The molecule has 0 radical (unpaired) electrons. The standard InChI is InChI=1S/C11H8BrNO.C9H5BrO3/c1-7(14)10-5-3-8-2-4-9(12)6-11(8)13-10;10-6-2-1-5-3-8(9(11)12)13-7(5)4-6/h2-6H,1H3;1-4H,(H,11,12). The second kappa shape index (κ2) is 8.02. The van der Waals surface area contributed by atoms with E-state index in [2.05, 4.69) is 36.8 Å². The van der Waals surface area contributed by atoms with E-state index in [4.69, 9.17) is 9.52 Å². The summed E-state index contributed by atoms with van der Waals surface area (Å²) in [5.41, 5.74) is 1.93. The summed E-state index contributed by atoms with van der Waals surface area (Å²) in [7, 11) is 0. The quantitative estimate of drug-likeness (QED) is 0.343. The van der Waals surface area contributed by atoms with Gasteiger partial charge in [-0.05, 0) is 42.5 Å². The molecule has 0 amide bonds. The summed E-state index contributed by atoms with van der Waals surface area (Å²) in [6.07, 6.45) is 0. The summed E-state index contributed by atoms with van der Waals surface area (Å²) in [6, 6.07) is 16.4. The molecule has 0 aliphatic rings. The van der Waals surface area contributed by atoms with Crippen LogP contribution in [0.2, 0.25) is 0 Å². The minimum Gasteiger partial charge on any atom is -0.475 e. The molecule has 4 rings (SSSR count). The van der Waals surface area contributed by atoms with Crippen molar-refractivity contribution in [3.8, 4) is 0 Å². The number of benzene rings is 2. The van der Waals surface area contributed by atoms with Crippen LogP contribution in [0.15, 0.2) is 68.0 Å². The van der Waals surface area contributed by atoms with Crippen molar-refractivity contribution in [2.75, 3.05) is 0 Å². The molecule has 2 aromatic carbocycles. The van der Waals surface area contributed by atoms with Gasteiger partial charge in [-0.15, -0.1) is 0 Å². The molecule has 136 valence electrons. The van der Waals surface area contributed by atoms with Crippen molar-refractivity contribution in [2.45, 2.75) is 6.92 Å². The lowest BCUT2D eigenvalue weighted by Crippen LogP contribution is -1.95. The number of aromatic nitrogens is 1. The third-order valence-corrected chi connectivity index (χ3v) is 4.69. The fraction of sp³-hybridized carbons (Fsp3) is 0.0500. The van der Waals surface area contributed by atoms with Gasteiger partial charge in [0, 0.05) is 26.6 Å². The SMILES string of the molecule is CC(=O)c1ccc2ccc(Br)cc2n1.O=C(O)c1cc2ccc(Br)cc2o1. The first-order valence-electron chi connectivity index (χ1n) is 7.83. The highest BCUT2D eigenvalue weighted by Crippen LogP contribution is 2.23. The number of rotatable bonds is 2. The molecular weight excluding hydrogens is 478 g/mol. The molecule has 0 unspecified atom stereocenters. The zero-order valence-corrected chi connectivity index (χ0v) is 17.2. The lowest BCUT2D eigenvalue weighted by atomic mass is 10.2. The number of pyridine rings is 1. The molecule has 0 aliphatic carbocycles. The van der Waals surface area contributed by atoms with Crippen LogP contribution in [-0.2, 0) is 0 Å². The van der Waals surface area contributed by atoms with Gasteiger partial charge in [0.1, 0.15) is 11.3 Å². The molecule has 0 atom stereocenters. The summed E-state index contributed by atoms with van der Waals surface area (Å²) >= 11 is 6.64. The van der Waals surface area contributed by atoms with Crippen molar-refractivity contribution in [3.63, 3.8) is 0 Å². The predicted molar refractivity (Wildman–Crippen MR) is 110 cm³/mol. The van der Waals surface area contributed by atoms with Gasteiger partial charge in [-0.25, -0.2) is 9.78 Å². The summed E-state index contributed by atoms with van der Waals surface area (Å²) in [4.78, 5) is 25.9. The van der Waals surface area contributed by atoms with Crippen LogP contribution in [0.1, 0.15) is 28.0 Å². The van der Waals surface area contributed by atoms with Crippen LogP contribution in [0.5, 0.6) is 0 Å². The zero-order valence-electron chi connectivity index (χ0n) is 14.1. The van der Waals surface area contributed by atoms with Crippen molar-refractivity contribution >= 4 is 65.5 Å². The molecule has 5 nitrogen and oxygen atoms in total. The van der Waals surface area contributed by atoms with E-state index in [0.29, 0.717) is 11.3 Å². The van der Waals surface area contributed by atoms with Gasteiger partial charge in [-0.2, -0.15) is 0 Å². The molecule has 0 saturated heterocycles. The normalized spacial score (nSPS) is 10.5. The zero-order chi connectivity index (χ0) is 19.6. The van der Waals surface area contributed by atoms with Crippen molar-refractivity contribution in [3.05, 3.63) is 75.0 Å². The largest absolute Gasteiger partial charge is 0.475 e. The maximum absolute atomic E-state index is 11.1. The lowest BCUT2D eigenvalue weighted by molar-refractivity contribution is 0.0664. The smallest absolute Gasteiger partial charge is 0.371 e. The number of carboxylic acids is 1. The maximum Gasteiger partial charge on any atom is 0.371 e. The number of fused-ring (bicyclic) bond motifs is 2. The van der Waals surface area contributed by atoms with E-state index in [1.807, 2.05) is 30.3 Å². The van der Waals surface area contributed by atoms with Gasteiger partial charge in [-0.3, -0.25) is 4.79 Å². The summed E-state index contributed by atoms with van der Waals surface area (Å²) in [5.74, 6) is -1.09. The first kappa shape index (κ1) is 19.3. The van der Waals surface area contributed by atoms with E-state index in [9.17, 15) is 9.59 Å². The molecule has 0 bridgehead atoms. The van der Waals surface area contributed by atoms with Gasteiger partial charge in [0.25, 0.3) is 0 Å². The number of nitrogens with zero attached hydrogens (tertiary/aromatic N) is 1. The van der Waals surface area contributed by atoms with Crippen LogP contribution in [0, 0.1) is 0 Å². The molecule has 2 heterocycles. The molecule has 2 aromatic heterocycles. The maximum atomic E-state index is 11.1. The molecule has 0 spiro atoms. The molecule has 27 heavy (non-hydrogen) atoms. The van der Waals surface area contributed by atoms with Crippen LogP contribution >= 0.6 is 31.9 Å². The minimum absolute atomic E-state index is 0.00752. The Morgan fingerprint density at radius 1 is 0.926 bits per heavy atom. The van der Waals surface area contributed by atoms with Crippen LogP contribution in [0.3, 0.4) is 0 Å². The van der Waals surface area contributed by atoms with E-state index >= 15 is 0 Å². The van der Waals surface area contributed by atoms with Gasteiger partial charge in [0.05, 0.1) is 5.52 Å². The number of aromatic carboxylic acids is 1. The number of hydrogen-bond acceptors (Lipinski definition) is 4. The Bertz CT molecular complexity index is 1170. The second-order valence-electron chi connectivity index (χ2n) is 5.69. The Kier molecular flexibility index (Phi) is 5.72. The van der Waals surface area contributed by atoms with E-state index in [1.54, 1.807) is 18.2 Å². The number of carbonyl (C=O) groups excluding carboxylic acids is 1. The highest BCUT2D eigenvalue weighted by atomic mass is 79.9. The highest BCUT2D eigenvalue weighted by Gasteiger charge is 2.09. The van der Waals surface area contributed by atoms with E-state index < -0.39 is 5.97 Å². The van der Waals surface area contributed by atoms with Crippen molar-refractivity contribution in [1.29, 1.82) is 0 Å². The summed E-state index contributed by atoms with van der Waals surface area (Å²) in [6.45, 7) is 1.52. The molecule has 0 aliphatic heterocycles. The number of furan rings is 1. The Labute approximate surface area is 171 Å². The molecule has 4 aromatic rings. The average Bonchev–Trinajstić information content (AvgIpc) is 3.05. The molecule has 0 fully saturated rings. The Morgan fingerprint density at radius 3 is 2.22 bits per heavy atom. The number of carboxylic acid groups (broad SMARTS) is 1. The number of carbonyl (C=O) groups is 2. The Morgan fingerprint density at radius 2 is 1.56 bits per heavy atom. The number of hydrogen-bond donors (Lipinski definition) is 1. The second-order valence-corrected chi connectivity index (χ2v) is 7.52. The minimum atomic E-state index is -1.05. The van der Waals surface area contributed by atoms with Crippen molar-refractivity contribution in [2.24, 2.45) is 0 Å². The first-order valence-corrected chi connectivity index (χ1v) is 9.42. The van der Waals surface area contributed by atoms with Crippen LogP contribution in [0.25, 0.3) is 21.9 Å². The first-order chi connectivity index (χ1) is 12.8. The Balaban J connectivity index is 0.000000156. The van der Waals surface area contributed by atoms with Crippen molar-refractivity contribution in [1.82, 2.24) is 4.98 Å². The number of Topliss-reactive ketones (excluding diaryl/α,β-unsaturated/α-hetero) is 1. The summed E-state index contributed by atoms with van der Waals surface area (Å²) in [5, 5.41) is 10.5. The molecule has 0 saturated carbocycles. The van der Waals surface area contributed by atoms with Crippen LogP contribution < -0.4 is 0 Å². The van der Waals surface area contributed by atoms with Gasteiger partial charge in [-0.1, -0.05) is 44.0 Å². The number of halogens is 2. The summed E-state index contributed by atoms with van der Waals surface area (Å²) < 4.78 is 6.92. The van der Waals surface area contributed by atoms with Gasteiger partial charge in [0.2, 0.25) is 5.76 Å². The third kappa shape index (κ3) is 4.61. The van der Waals surface area contributed by atoms with Gasteiger partial charge in [0.15, 0.2) is 5.78 Å². The van der Waals surface area contributed by atoms with E-state index in [1.165, 1.54) is 13.0 Å². The third-order valence-electron chi connectivity index (χ3n) is 3.71. The van der Waals surface area contributed by atoms with E-state index in [0.717, 1.165) is 25.2 Å². The fourth-order valence-corrected chi connectivity index (χ4v) is 3.09. The van der Waals surface area contributed by atoms with Crippen molar-refractivity contribution < 1.29 is 19.1 Å². The van der Waals surface area contributed by atoms with Gasteiger partial charge >= 0.3 is 5.97 Å². The highest BCUT2D eigenvalue weighted by molar-refractivity contribution is 9.10. The topological polar surface area (TPSA) is 80.4 Å². The predicted octanol–water partition coefficient (Wildman–Crippen LogP) is 6.09. The monoisotopic (exact) mass is 489 g/mol. The fourth-order valence-electron chi connectivity index (χ4n) is 2.40. The van der Waals surface area contributed by atoms with Crippen LogP contribution in [-0.4, -0.2) is 21.8 Å². The Hall–Kier alpha value is -2.51.